The Hall–Kier alpha value is -1.14. The van der Waals surface area contributed by atoms with Gasteiger partial charge in [-0.1, -0.05) is 0 Å². The van der Waals surface area contributed by atoms with Gasteiger partial charge in [-0.25, -0.2) is 4.39 Å². The molecule has 0 spiro atoms. The number of nitrogens with zero attached hydrogens (tertiary/aromatic N) is 1. The van der Waals surface area contributed by atoms with E-state index in [1.807, 2.05) is 4.90 Å². The maximum absolute atomic E-state index is 13.2. The molecule has 1 unspecified atom stereocenters. The number of hydrogen-bond acceptors (Lipinski definition) is 2. The summed E-state index contributed by atoms with van der Waals surface area (Å²) in [5, 5.41) is 0. The Labute approximate surface area is 109 Å². The highest BCUT2D eigenvalue weighted by atomic mass is 19.4. The predicted octanol–water partition coefficient (Wildman–Crippen LogP) is 2.63. The average Bonchev–Trinajstić information content (AvgIpc) is 2.75. The minimum Gasteiger partial charge on any atom is -0.330 e. The van der Waals surface area contributed by atoms with E-state index in [9.17, 15) is 17.6 Å². The van der Waals surface area contributed by atoms with Gasteiger partial charge < -0.3 is 5.73 Å². The van der Waals surface area contributed by atoms with Gasteiger partial charge in [-0.3, -0.25) is 4.90 Å². The second kappa shape index (κ2) is 5.46. The average molecular weight is 276 g/mol. The number of rotatable bonds is 3. The topological polar surface area (TPSA) is 29.3 Å². The number of hydrogen-bond donors (Lipinski definition) is 1. The molecule has 1 heterocycles. The normalized spacial score (nSPS) is 21.0. The molecular weight excluding hydrogens is 260 g/mol. The van der Waals surface area contributed by atoms with Crippen molar-refractivity contribution in [2.45, 2.75) is 19.1 Å². The van der Waals surface area contributed by atoms with Gasteiger partial charge in [0.15, 0.2) is 0 Å². The Bertz CT molecular complexity index is 445. The standard InChI is InChI=1S/C13H16F4N2/c14-12-4-10(3-11(5-12)13(15,16)17)8-19-2-1-9(6-18)7-19/h3-5,9H,1-2,6-8,18H2. The summed E-state index contributed by atoms with van der Waals surface area (Å²) >= 11 is 0. The summed E-state index contributed by atoms with van der Waals surface area (Å²) in [6.07, 6.45) is -3.57. The predicted molar refractivity (Wildman–Crippen MR) is 63.8 cm³/mol. The van der Waals surface area contributed by atoms with Gasteiger partial charge in [0.05, 0.1) is 5.56 Å². The van der Waals surface area contributed by atoms with Gasteiger partial charge >= 0.3 is 6.18 Å². The van der Waals surface area contributed by atoms with Gasteiger partial charge in [-0.15, -0.1) is 0 Å². The molecular formula is C13H16F4N2. The second-order valence-corrected chi connectivity index (χ2v) is 4.97. The molecule has 106 valence electrons. The van der Waals surface area contributed by atoms with E-state index in [1.165, 1.54) is 0 Å². The van der Waals surface area contributed by atoms with Gasteiger partial charge in [0.25, 0.3) is 0 Å². The molecule has 0 amide bonds. The third-order valence-corrected chi connectivity index (χ3v) is 3.39. The fourth-order valence-corrected chi connectivity index (χ4v) is 2.41. The molecule has 1 atom stereocenters. The first-order valence-electron chi connectivity index (χ1n) is 6.17. The zero-order valence-electron chi connectivity index (χ0n) is 10.4. The number of halogens is 4. The minimum atomic E-state index is -4.51. The molecule has 0 radical (unpaired) electrons. The quantitative estimate of drug-likeness (QED) is 0.860. The van der Waals surface area contributed by atoms with Crippen LogP contribution in [-0.2, 0) is 12.7 Å². The summed E-state index contributed by atoms with van der Waals surface area (Å²) in [4.78, 5) is 2.01. The van der Waals surface area contributed by atoms with Crippen LogP contribution in [0.15, 0.2) is 18.2 Å². The third-order valence-electron chi connectivity index (χ3n) is 3.39. The third kappa shape index (κ3) is 3.67. The maximum atomic E-state index is 13.2. The van der Waals surface area contributed by atoms with Crippen molar-refractivity contribution < 1.29 is 17.6 Å². The van der Waals surface area contributed by atoms with Crippen LogP contribution in [-0.4, -0.2) is 24.5 Å². The maximum Gasteiger partial charge on any atom is 0.416 e. The molecule has 1 aliphatic rings. The number of alkyl halides is 3. The van der Waals surface area contributed by atoms with Gasteiger partial charge in [0, 0.05) is 13.1 Å². The van der Waals surface area contributed by atoms with Crippen LogP contribution >= 0.6 is 0 Å². The van der Waals surface area contributed by atoms with Crippen LogP contribution in [0.25, 0.3) is 0 Å². The summed E-state index contributed by atoms with van der Waals surface area (Å²) in [7, 11) is 0. The summed E-state index contributed by atoms with van der Waals surface area (Å²) in [6, 6.07) is 2.69. The lowest BCUT2D eigenvalue weighted by Crippen LogP contribution is -2.23. The molecule has 1 aliphatic heterocycles. The fourth-order valence-electron chi connectivity index (χ4n) is 2.41. The number of nitrogens with two attached hydrogens (primary N) is 1. The molecule has 2 N–H and O–H groups in total. The van der Waals surface area contributed by atoms with Gasteiger partial charge in [-0.05, 0) is 49.2 Å². The van der Waals surface area contributed by atoms with Crippen molar-refractivity contribution in [3.05, 3.63) is 35.1 Å². The van der Waals surface area contributed by atoms with Crippen LogP contribution in [0.3, 0.4) is 0 Å². The minimum absolute atomic E-state index is 0.331. The summed E-state index contributed by atoms with van der Waals surface area (Å²) in [5.41, 5.74) is 4.98. The van der Waals surface area contributed by atoms with Crippen LogP contribution in [0.1, 0.15) is 17.5 Å². The zero-order valence-corrected chi connectivity index (χ0v) is 10.4. The molecule has 19 heavy (non-hydrogen) atoms. The van der Waals surface area contributed by atoms with Crippen LogP contribution < -0.4 is 5.73 Å². The Morgan fingerprint density at radius 2 is 2.00 bits per heavy atom. The number of benzene rings is 1. The monoisotopic (exact) mass is 276 g/mol. The lowest BCUT2D eigenvalue weighted by molar-refractivity contribution is -0.137. The van der Waals surface area contributed by atoms with Crippen molar-refractivity contribution in [2.24, 2.45) is 11.7 Å². The molecule has 1 fully saturated rings. The summed E-state index contributed by atoms with van der Waals surface area (Å²) in [6.45, 7) is 2.46. The Morgan fingerprint density at radius 1 is 1.26 bits per heavy atom. The lowest BCUT2D eigenvalue weighted by atomic mass is 10.1. The van der Waals surface area contributed by atoms with E-state index >= 15 is 0 Å². The van der Waals surface area contributed by atoms with E-state index in [0.29, 0.717) is 30.6 Å². The second-order valence-electron chi connectivity index (χ2n) is 4.97. The van der Waals surface area contributed by atoms with Crippen LogP contribution in [0.5, 0.6) is 0 Å². The Morgan fingerprint density at radius 3 is 2.58 bits per heavy atom. The van der Waals surface area contributed by atoms with E-state index in [0.717, 1.165) is 31.6 Å². The van der Waals surface area contributed by atoms with Crippen molar-refractivity contribution in [3.63, 3.8) is 0 Å². The van der Waals surface area contributed by atoms with E-state index in [-0.39, 0.29) is 0 Å². The molecule has 1 saturated heterocycles. The van der Waals surface area contributed by atoms with E-state index < -0.39 is 17.6 Å². The van der Waals surface area contributed by atoms with Crippen molar-refractivity contribution in [2.75, 3.05) is 19.6 Å². The lowest BCUT2D eigenvalue weighted by Gasteiger charge is -2.17. The summed E-state index contributed by atoms with van der Waals surface area (Å²) in [5.74, 6) is -0.463. The first kappa shape index (κ1) is 14.3. The molecule has 0 bridgehead atoms. The van der Waals surface area contributed by atoms with Crippen molar-refractivity contribution in [1.82, 2.24) is 4.90 Å². The van der Waals surface area contributed by atoms with Crippen LogP contribution in [0.4, 0.5) is 17.6 Å². The highest BCUT2D eigenvalue weighted by Crippen LogP contribution is 2.31. The van der Waals surface area contributed by atoms with Gasteiger partial charge in [0.1, 0.15) is 5.82 Å². The fraction of sp³-hybridized carbons (Fsp3) is 0.538. The van der Waals surface area contributed by atoms with Gasteiger partial charge in [0.2, 0.25) is 0 Å². The first-order valence-corrected chi connectivity index (χ1v) is 6.17. The SMILES string of the molecule is NCC1CCN(Cc2cc(F)cc(C(F)(F)F)c2)C1. The summed E-state index contributed by atoms with van der Waals surface area (Å²) < 4.78 is 51.0. The van der Waals surface area contributed by atoms with Gasteiger partial charge in [-0.2, -0.15) is 13.2 Å². The van der Waals surface area contributed by atoms with E-state index in [4.69, 9.17) is 5.73 Å². The molecule has 1 aromatic rings. The van der Waals surface area contributed by atoms with E-state index in [2.05, 4.69) is 0 Å². The molecule has 0 aliphatic carbocycles. The van der Waals surface area contributed by atoms with Crippen molar-refractivity contribution in [1.29, 1.82) is 0 Å². The molecule has 0 saturated carbocycles. The van der Waals surface area contributed by atoms with E-state index in [1.54, 1.807) is 0 Å². The molecule has 0 aromatic heterocycles. The zero-order chi connectivity index (χ0) is 14.0. The Balaban J connectivity index is 2.11. The van der Waals surface area contributed by atoms with Crippen molar-refractivity contribution in [3.8, 4) is 0 Å². The largest absolute Gasteiger partial charge is 0.416 e. The Kier molecular flexibility index (Phi) is 4.10. The van der Waals surface area contributed by atoms with Crippen LogP contribution in [0.2, 0.25) is 0 Å². The molecule has 2 rings (SSSR count). The molecule has 1 aromatic carbocycles. The highest BCUT2D eigenvalue weighted by Gasteiger charge is 2.31. The molecule has 6 heteroatoms. The van der Waals surface area contributed by atoms with Crippen LogP contribution in [0, 0.1) is 11.7 Å². The van der Waals surface area contributed by atoms with Crippen molar-refractivity contribution >= 4 is 0 Å². The highest BCUT2D eigenvalue weighted by molar-refractivity contribution is 5.26. The number of likely N-dealkylation sites (tertiary alicyclic amines) is 1. The smallest absolute Gasteiger partial charge is 0.330 e. The first-order chi connectivity index (χ1) is 8.88. The molecule has 2 nitrogen and oxygen atoms in total.